The first-order valence-electron chi connectivity index (χ1n) is 8.29. The molecule has 2 rings (SSSR count). The average Bonchev–Trinajstić information content (AvgIpc) is 2.80. The first-order chi connectivity index (χ1) is 10.0. The summed E-state index contributed by atoms with van der Waals surface area (Å²) in [4.78, 5) is 11.5. The van der Waals surface area contributed by atoms with Crippen LogP contribution in [-0.4, -0.2) is 20.9 Å². The van der Waals surface area contributed by atoms with Crippen LogP contribution in [0.3, 0.4) is 0 Å². The molecule has 1 aliphatic rings. The molecule has 21 heavy (non-hydrogen) atoms. The summed E-state index contributed by atoms with van der Waals surface area (Å²) in [6.07, 6.45) is 7.17. The van der Waals surface area contributed by atoms with E-state index in [1.165, 1.54) is 18.5 Å². The summed E-state index contributed by atoms with van der Waals surface area (Å²) in [6, 6.07) is 2.14. The number of aryl methyl sites for hydroxylation is 2. The van der Waals surface area contributed by atoms with Crippen molar-refractivity contribution in [2.24, 2.45) is 24.8 Å². The van der Waals surface area contributed by atoms with Gasteiger partial charge in [0, 0.05) is 12.7 Å². The fraction of sp³-hybridized carbons (Fsp3) is 0.765. The van der Waals surface area contributed by atoms with Gasteiger partial charge in [0.2, 0.25) is 0 Å². The highest BCUT2D eigenvalue weighted by Crippen LogP contribution is 2.38. The van der Waals surface area contributed by atoms with Gasteiger partial charge < -0.3 is 5.11 Å². The van der Waals surface area contributed by atoms with Crippen molar-refractivity contribution in [1.29, 1.82) is 0 Å². The molecule has 1 aliphatic carbocycles. The van der Waals surface area contributed by atoms with Crippen molar-refractivity contribution in [3.8, 4) is 0 Å². The summed E-state index contributed by atoms with van der Waals surface area (Å²) in [5.74, 6) is 0.160. The lowest BCUT2D eigenvalue weighted by Crippen LogP contribution is -2.32. The summed E-state index contributed by atoms with van der Waals surface area (Å²) in [5, 5.41) is 14.0. The number of aromatic nitrogens is 2. The molecule has 0 spiro atoms. The Morgan fingerprint density at radius 3 is 2.76 bits per heavy atom. The van der Waals surface area contributed by atoms with Gasteiger partial charge in [0.05, 0.1) is 11.6 Å². The van der Waals surface area contributed by atoms with Crippen molar-refractivity contribution >= 4 is 5.97 Å². The number of hydrogen-bond acceptors (Lipinski definition) is 2. The van der Waals surface area contributed by atoms with Crippen molar-refractivity contribution in [3.05, 3.63) is 17.5 Å². The van der Waals surface area contributed by atoms with E-state index in [4.69, 9.17) is 0 Å². The van der Waals surface area contributed by atoms with Gasteiger partial charge in [-0.05, 0) is 50.0 Å². The largest absolute Gasteiger partial charge is 0.481 e. The molecule has 0 aromatic carbocycles. The highest BCUT2D eigenvalue weighted by Gasteiger charge is 2.35. The Hall–Kier alpha value is -1.32. The zero-order chi connectivity index (χ0) is 15.4. The van der Waals surface area contributed by atoms with E-state index in [1.807, 2.05) is 11.7 Å². The minimum atomic E-state index is -0.618. The van der Waals surface area contributed by atoms with Crippen molar-refractivity contribution in [2.45, 2.75) is 58.8 Å². The topological polar surface area (TPSA) is 55.1 Å². The summed E-state index contributed by atoms with van der Waals surface area (Å²) in [5.41, 5.74) is 2.28. The maximum Gasteiger partial charge on any atom is 0.306 e. The molecule has 118 valence electrons. The van der Waals surface area contributed by atoms with Crippen LogP contribution in [0.2, 0.25) is 0 Å². The van der Waals surface area contributed by atoms with Gasteiger partial charge in [-0.3, -0.25) is 9.48 Å². The van der Waals surface area contributed by atoms with Gasteiger partial charge >= 0.3 is 5.97 Å². The molecule has 1 saturated carbocycles. The summed E-state index contributed by atoms with van der Waals surface area (Å²) >= 11 is 0. The molecule has 3 atom stereocenters. The van der Waals surface area contributed by atoms with Crippen LogP contribution in [0.4, 0.5) is 0 Å². The molecule has 1 fully saturated rings. The lowest BCUT2D eigenvalue weighted by atomic mass is 9.71. The Morgan fingerprint density at radius 2 is 2.19 bits per heavy atom. The van der Waals surface area contributed by atoms with E-state index in [1.54, 1.807) is 0 Å². The molecule has 0 saturated heterocycles. The number of rotatable bonds is 6. The fourth-order valence-corrected chi connectivity index (χ4v) is 3.79. The molecule has 4 heteroatoms. The van der Waals surface area contributed by atoms with Crippen LogP contribution in [0.1, 0.15) is 57.3 Å². The molecule has 0 radical (unpaired) electrons. The number of aliphatic carboxylic acids is 1. The van der Waals surface area contributed by atoms with Gasteiger partial charge in [-0.25, -0.2) is 0 Å². The predicted molar refractivity (Wildman–Crippen MR) is 83.2 cm³/mol. The molecule has 0 aliphatic heterocycles. The van der Waals surface area contributed by atoms with Crippen LogP contribution < -0.4 is 0 Å². The number of nitrogens with zero attached hydrogens (tertiary/aromatic N) is 2. The van der Waals surface area contributed by atoms with Gasteiger partial charge in [-0.1, -0.05) is 26.7 Å². The van der Waals surface area contributed by atoms with E-state index in [0.717, 1.165) is 37.8 Å². The van der Waals surface area contributed by atoms with Crippen LogP contribution in [0.15, 0.2) is 6.07 Å². The van der Waals surface area contributed by atoms with E-state index < -0.39 is 5.97 Å². The molecular formula is C17H28N2O2. The Bertz CT molecular complexity index is 481. The third kappa shape index (κ3) is 3.86. The second kappa shape index (κ2) is 7.10. The monoisotopic (exact) mass is 292 g/mol. The van der Waals surface area contributed by atoms with Gasteiger partial charge in [0.15, 0.2) is 0 Å². The van der Waals surface area contributed by atoms with Crippen molar-refractivity contribution in [2.75, 3.05) is 0 Å². The summed E-state index contributed by atoms with van der Waals surface area (Å²) in [6.45, 7) is 4.32. The predicted octanol–water partition coefficient (Wildman–Crippen LogP) is 3.44. The summed E-state index contributed by atoms with van der Waals surface area (Å²) < 4.78 is 1.93. The quantitative estimate of drug-likeness (QED) is 0.873. The highest BCUT2D eigenvalue weighted by molar-refractivity contribution is 5.70. The second-order valence-electron chi connectivity index (χ2n) is 6.48. The average molecular weight is 292 g/mol. The van der Waals surface area contributed by atoms with Crippen molar-refractivity contribution < 1.29 is 9.90 Å². The molecule has 1 N–H and O–H groups in total. The van der Waals surface area contributed by atoms with E-state index in [0.29, 0.717) is 5.92 Å². The summed E-state index contributed by atoms with van der Waals surface area (Å²) in [7, 11) is 1.97. The maximum atomic E-state index is 11.5. The zero-order valence-electron chi connectivity index (χ0n) is 13.5. The van der Waals surface area contributed by atoms with Gasteiger partial charge in [-0.15, -0.1) is 0 Å². The SMILES string of the molecule is CCCC1CCC(C(=O)O)C(Cc2cc(CC)nn2C)C1. The Morgan fingerprint density at radius 1 is 1.43 bits per heavy atom. The molecule has 0 bridgehead atoms. The smallest absolute Gasteiger partial charge is 0.306 e. The Balaban J connectivity index is 2.11. The lowest BCUT2D eigenvalue weighted by Gasteiger charge is -2.34. The minimum absolute atomic E-state index is 0.182. The Kier molecular flexibility index (Phi) is 5.43. The molecule has 4 nitrogen and oxygen atoms in total. The van der Waals surface area contributed by atoms with Gasteiger partial charge in [-0.2, -0.15) is 5.10 Å². The molecule has 0 amide bonds. The van der Waals surface area contributed by atoms with Crippen molar-refractivity contribution in [3.63, 3.8) is 0 Å². The standard InChI is InChI=1S/C17H28N2O2/c1-4-6-12-7-8-16(17(20)21)13(9-12)10-15-11-14(5-2)18-19(15)3/h11-13,16H,4-10H2,1-3H3,(H,20,21). The lowest BCUT2D eigenvalue weighted by molar-refractivity contribution is -0.145. The van der Waals surface area contributed by atoms with Crippen LogP contribution in [0.5, 0.6) is 0 Å². The highest BCUT2D eigenvalue weighted by atomic mass is 16.4. The van der Waals surface area contributed by atoms with Crippen LogP contribution >= 0.6 is 0 Å². The first-order valence-corrected chi connectivity index (χ1v) is 8.29. The third-order valence-corrected chi connectivity index (χ3v) is 4.97. The number of carboxylic acid groups (broad SMARTS) is 1. The molecule has 1 heterocycles. The minimum Gasteiger partial charge on any atom is -0.481 e. The van der Waals surface area contributed by atoms with E-state index >= 15 is 0 Å². The molecular weight excluding hydrogens is 264 g/mol. The number of carbonyl (C=O) groups is 1. The van der Waals surface area contributed by atoms with Crippen LogP contribution in [-0.2, 0) is 24.7 Å². The second-order valence-corrected chi connectivity index (χ2v) is 6.48. The zero-order valence-corrected chi connectivity index (χ0v) is 13.5. The molecule has 3 unspecified atom stereocenters. The fourth-order valence-electron chi connectivity index (χ4n) is 3.79. The maximum absolute atomic E-state index is 11.5. The van der Waals surface area contributed by atoms with Crippen LogP contribution in [0, 0.1) is 17.8 Å². The van der Waals surface area contributed by atoms with Crippen molar-refractivity contribution in [1.82, 2.24) is 9.78 Å². The normalized spacial score (nSPS) is 26.0. The Labute approximate surface area is 127 Å². The third-order valence-electron chi connectivity index (χ3n) is 4.97. The van der Waals surface area contributed by atoms with Crippen LogP contribution in [0.25, 0.3) is 0 Å². The van der Waals surface area contributed by atoms with Gasteiger partial charge in [0.1, 0.15) is 0 Å². The first kappa shape index (κ1) is 16.1. The van der Waals surface area contributed by atoms with E-state index in [2.05, 4.69) is 25.0 Å². The molecule has 1 aromatic heterocycles. The number of hydrogen-bond donors (Lipinski definition) is 1. The molecule has 1 aromatic rings. The van der Waals surface area contributed by atoms with E-state index in [9.17, 15) is 9.90 Å². The van der Waals surface area contributed by atoms with E-state index in [-0.39, 0.29) is 11.8 Å². The van der Waals surface area contributed by atoms with Gasteiger partial charge in [0.25, 0.3) is 0 Å². The number of carboxylic acids is 1.